The molecule has 1 aromatic carbocycles. The molecule has 3 fully saturated rings. The number of piperidine rings is 1. The molecule has 2 heterocycles. The summed E-state index contributed by atoms with van der Waals surface area (Å²) in [7, 11) is 1.82. The SMILES string of the molecule is CC1C(F)=CCCC1C1CN([C@@H](C(=O)O)C2CCCCC2)CC1CN1CCC(N(C)C(=O)NCc2ccc([N+](=O)[O-])cc2)CC1. The average molecular weight is 628 g/mol. The fourth-order valence-corrected chi connectivity index (χ4v) is 8.61. The number of carboxylic acids is 1. The summed E-state index contributed by atoms with van der Waals surface area (Å²) in [5.74, 6) is 0.0976. The lowest BCUT2D eigenvalue weighted by Crippen LogP contribution is -2.50. The molecule has 2 aliphatic heterocycles. The zero-order valence-electron chi connectivity index (χ0n) is 26.8. The molecule has 4 unspecified atom stereocenters. The van der Waals surface area contributed by atoms with E-state index in [1.54, 1.807) is 23.1 Å². The zero-order valence-corrected chi connectivity index (χ0v) is 26.8. The van der Waals surface area contributed by atoms with Crippen LogP contribution >= 0.6 is 0 Å². The second kappa shape index (κ2) is 15.0. The number of amides is 2. The van der Waals surface area contributed by atoms with E-state index in [-0.39, 0.29) is 53.2 Å². The number of urea groups is 1. The maximum atomic E-state index is 14.8. The highest BCUT2D eigenvalue weighted by molar-refractivity contribution is 5.74. The number of hydrogen-bond acceptors (Lipinski definition) is 6. The standard InChI is InChI=1S/C34H50FN5O5/c1-23-29(9-6-10-31(23)35)30-22-39(32(33(41)42)25-7-4-3-5-8-25)21-26(30)20-38-17-15-27(16-18-38)37(2)34(43)36-19-24-11-13-28(14-12-24)40(44)45/h10-14,23,25-27,29-30,32H,3-9,15-22H2,1-2H3,(H,36,43)(H,41,42)/t23?,26?,29?,30?,32-/m1/s1. The van der Waals surface area contributed by atoms with Crippen LogP contribution in [0.25, 0.3) is 0 Å². The summed E-state index contributed by atoms with van der Waals surface area (Å²) in [5, 5.41) is 24.2. The van der Waals surface area contributed by atoms with E-state index in [1.165, 1.54) is 18.6 Å². The fraction of sp³-hybridized carbons (Fsp3) is 0.706. The number of hydrogen-bond donors (Lipinski definition) is 2. The van der Waals surface area contributed by atoms with Gasteiger partial charge in [0.05, 0.1) is 10.8 Å². The number of carbonyl (C=O) groups is 2. The number of nitrogens with one attached hydrogen (secondary N) is 1. The molecule has 5 rings (SSSR count). The Kier molecular flexibility index (Phi) is 11.1. The maximum absolute atomic E-state index is 14.8. The van der Waals surface area contributed by atoms with Gasteiger partial charge in [0.1, 0.15) is 6.04 Å². The molecule has 2 N–H and O–H groups in total. The number of benzene rings is 1. The zero-order chi connectivity index (χ0) is 32.1. The van der Waals surface area contributed by atoms with Gasteiger partial charge in [-0.15, -0.1) is 0 Å². The number of halogens is 1. The van der Waals surface area contributed by atoms with Gasteiger partial charge in [-0.1, -0.05) is 44.4 Å². The van der Waals surface area contributed by atoms with Crippen LogP contribution in [0.5, 0.6) is 0 Å². The van der Waals surface area contributed by atoms with E-state index < -0.39 is 16.9 Å². The van der Waals surface area contributed by atoms with Crippen LogP contribution < -0.4 is 5.32 Å². The Bertz CT molecular complexity index is 1210. The largest absolute Gasteiger partial charge is 0.480 e. The van der Waals surface area contributed by atoms with Gasteiger partial charge in [-0.3, -0.25) is 19.8 Å². The van der Waals surface area contributed by atoms with Gasteiger partial charge < -0.3 is 20.2 Å². The molecule has 0 spiro atoms. The van der Waals surface area contributed by atoms with E-state index in [0.29, 0.717) is 6.54 Å². The molecule has 5 atom stereocenters. The third kappa shape index (κ3) is 8.03. The van der Waals surface area contributed by atoms with Crippen LogP contribution in [-0.4, -0.2) is 88.6 Å². The molecular formula is C34H50FN5O5. The number of rotatable bonds is 10. The number of carboxylic acid groups (broad SMARTS) is 1. The number of allylic oxidation sites excluding steroid dienone is 2. The molecular weight excluding hydrogens is 577 g/mol. The first-order valence-corrected chi connectivity index (χ1v) is 16.9. The van der Waals surface area contributed by atoms with E-state index in [4.69, 9.17) is 0 Å². The Morgan fingerprint density at radius 2 is 1.76 bits per heavy atom. The predicted octanol–water partition coefficient (Wildman–Crippen LogP) is 5.68. The van der Waals surface area contributed by atoms with Crippen molar-refractivity contribution >= 4 is 17.7 Å². The molecule has 45 heavy (non-hydrogen) atoms. The topological polar surface area (TPSA) is 119 Å². The predicted molar refractivity (Wildman–Crippen MR) is 170 cm³/mol. The van der Waals surface area contributed by atoms with Crippen LogP contribution in [-0.2, 0) is 11.3 Å². The van der Waals surface area contributed by atoms with Crippen molar-refractivity contribution in [3.8, 4) is 0 Å². The van der Waals surface area contributed by atoms with Crippen LogP contribution in [0, 0.1) is 39.7 Å². The summed E-state index contributed by atoms with van der Waals surface area (Å²) < 4.78 is 14.8. The first kappa shape index (κ1) is 33.3. The van der Waals surface area contributed by atoms with Crippen LogP contribution in [0.2, 0.25) is 0 Å². The lowest BCUT2D eigenvalue weighted by molar-refractivity contribution is -0.384. The first-order valence-electron chi connectivity index (χ1n) is 16.9. The normalized spacial score (nSPS) is 27.9. The number of likely N-dealkylation sites (tertiary alicyclic amines) is 2. The Balaban J connectivity index is 1.18. The molecule has 10 nitrogen and oxygen atoms in total. The lowest BCUT2D eigenvalue weighted by atomic mass is 9.72. The van der Waals surface area contributed by atoms with Crippen molar-refractivity contribution in [1.29, 1.82) is 0 Å². The van der Waals surface area contributed by atoms with Gasteiger partial charge in [-0.25, -0.2) is 9.18 Å². The molecule has 4 aliphatic rings. The van der Waals surface area contributed by atoms with Gasteiger partial charge in [-0.05, 0) is 67.8 Å². The second-order valence-corrected chi connectivity index (χ2v) is 13.9. The highest BCUT2D eigenvalue weighted by atomic mass is 19.1. The summed E-state index contributed by atoms with van der Waals surface area (Å²) in [6, 6.07) is 5.67. The van der Waals surface area contributed by atoms with Crippen LogP contribution in [0.1, 0.15) is 70.3 Å². The van der Waals surface area contributed by atoms with Gasteiger partial charge in [-0.2, -0.15) is 0 Å². The van der Waals surface area contributed by atoms with E-state index in [0.717, 1.165) is 89.7 Å². The van der Waals surface area contributed by atoms with E-state index in [1.807, 2.05) is 14.0 Å². The summed E-state index contributed by atoms with van der Waals surface area (Å²) in [6.07, 6.45) is 10.5. The fourth-order valence-electron chi connectivity index (χ4n) is 8.61. The number of nitro benzene ring substituents is 1. The Labute approximate surface area is 266 Å². The molecule has 0 bridgehead atoms. The van der Waals surface area contributed by atoms with Crippen molar-refractivity contribution in [1.82, 2.24) is 20.0 Å². The van der Waals surface area contributed by atoms with Gasteiger partial charge in [0.25, 0.3) is 5.69 Å². The monoisotopic (exact) mass is 627 g/mol. The van der Waals surface area contributed by atoms with Crippen molar-refractivity contribution in [3.05, 3.63) is 51.8 Å². The molecule has 1 aromatic rings. The molecule has 2 amide bonds. The van der Waals surface area contributed by atoms with Crippen molar-refractivity contribution in [2.24, 2.45) is 29.6 Å². The van der Waals surface area contributed by atoms with Crippen molar-refractivity contribution < 1.29 is 24.0 Å². The van der Waals surface area contributed by atoms with Crippen LogP contribution in [0.4, 0.5) is 14.9 Å². The van der Waals surface area contributed by atoms with E-state index >= 15 is 0 Å². The minimum absolute atomic E-state index is 0.0128. The Morgan fingerprint density at radius 3 is 2.40 bits per heavy atom. The minimum Gasteiger partial charge on any atom is -0.480 e. The molecule has 1 saturated carbocycles. The third-order valence-corrected chi connectivity index (χ3v) is 11.2. The van der Waals surface area contributed by atoms with Gasteiger partial charge in [0.2, 0.25) is 0 Å². The quantitative estimate of drug-likeness (QED) is 0.253. The number of aliphatic carboxylic acids is 1. The molecule has 0 radical (unpaired) electrons. The summed E-state index contributed by atoms with van der Waals surface area (Å²) in [6.45, 7) is 6.36. The number of nitro groups is 1. The van der Waals surface area contributed by atoms with Gasteiger partial charge in [0, 0.05) is 70.4 Å². The van der Waals surface area contributed by atoms with Crippen molar-refractivity contribution in [2.75, 3.05) is 39.8 Å². The average Bonchev–Trinajstić information content (AvgIpc) is 3.44. The first-order chi connectivity index (χ1) is 21.6. The smallest absolute Gasteiger partial charge is 0.321 e. The van der Waals surface area contributed by atoms with Crippen LogP contribution in [0.15, 0.2) is 36.2 Å². The number of non-ortho nitro benzene ring substituents is 1. The molecule has 248 valence electrons. The summed E-state index contributed by atoms with van der Waals surface area (Å²) >= 11 is 0. The van der Waals surface area contributed by atoms with Gasteiger partial charge in [0.15, 0.2) is 0 Å². The number of carbonyl (C=O) groups excluding carboxylic acids is 1. The summed E-state index contributed by atoms with van der Waals surface area (Å²) in [5.41, 5.74) is 0.822. The highest BCUT2D eigenvalue weighted by Crippen LogP contribution is 2.44. The van der Waals surface area contributed by atoms with Crippen molar-refractivity contribution in [2.45, 2.75) is 83.3 Å². The van der Waals surface area contributed by atoms with Crippen LogP contribution in [0.3, 0.4) is 0 Å². The molecule has 2 aliphatic carbocycles. The van der Waals surface area contributed by atoms with E-state index in [2.05, 4.69) is 15.1 Å². The molecule has 2 saturated heterocycles. The third-order valence-electron chi connectivity index (χ3n) is 11.2. The van der Waals surface area contributed by atoms with Crippen molar-refractivity contribution in [3.63, 3.8) is 0 Å². The minimum atomic E-state index is -0.709. The lowest BCUT2D eigenvalue weighted by Gasteiger charge is -2.40. The molecule has 11 heteroatoms. The van der Waals surface area contributed by atoms with E-state index in [9.17, 15) is 29.2 Å². The molecule has 0 aromatic heterocycles. The number of nitrogens with zero attached hydrogens (tertiary/aromatic N) is 4. The second-order valence-electron chi connectivity index (χ2n) is 13.9. The summed E-state index contributed by atoms with van der Waals surface area (Å²) in [4.78, 5) is 42.5. The Morgan fingerprint density at radius 1 is 1.07 bits per heavy atom. The maximum Gasteiger partial charge on any atom is 0.321 e. The van der Waals surface area contributed by atoms with Gasteiger partial charge >= 0.3 is 12.0 Å². The highest BCUT2D eigenvalue weighted by Gasteiger charge is 2.47. The Hall–Kier alpha value is -3.05.